The number of alkyl halides is 6. The summed E-state index contributed by atoms with van der Waals surface area (Å²) in [5.74, 6) is -0.378. The molecule has 0 bridgehead atoms. The number of carbonyl (C=O) groups excluding carboxylic acids is 3. The van der Waals surface area contributed by atoms with Crippen LogP contribution in [0.4, 0.5) is 31.5 Å². The van der Waals surface area contributed by atoms with Gasteiger partial charge in [0.1, 0.15) is 16.6 Å². The molecule has 20 heteroatoms. The zero-order chi connectivity index (χ0) is 38.1. The van der Waals surface area contributed by atoms with Gasteiger partial charge in [0.15, 0.2) is 10.2 Å². The molecule has 6 N–H and O–H groups in total. The van der Waals surface area contributed by atoms with E-state index in [9.17, 15) is 40.7 Å². The molecule has 4 heterocycles. The lowest BCUT2D eigenvalue weighted by molar-refractivity contribution is -0.181. The highest BCUT2D eigenvalue weighted by Gasteiger charge is 2.50. The van der Waals surface area contributed by atoms with E-state index in [1.165, 1.54) is 42.8 Å². The number of hydrogen-bond donors (Lipinski definition) is 3. The molecule has 1 aliphatic rings. The maximum atomic E-state index is 13.1. The Balaban J connectivity index is -0.000000679. The Bertz CT molecular complexity index is 1630. The summed E-state index contributed by atoms with van der Waals surface area (Å²) in [5.41, 5.74) is 12.7. The van der Waals surface area contributed by atoms with E-state index in [4.69, 9.17) is 5.73 Å². The van der Waals surface area contributed by atoms with Crippen molar-refractivity contribution in [2.75, 3.05) is 5.73 Å². The monoisotopic (exact) mass is 911 g/mol. The number of carbonyl (C=O) groups is 3. The van der Waals surface area contributed by atoms with Crippen LogP contribution in [0.2, 0.25) is 0 Å². The van der Waals surface area contributed by atoms with Gasteiger partial charge in [0, 0.05) is 31.7 Å². The number of imide groups is 1. The molecule has 0 unspecified atom stereocenters. The zero-order valence-electron chi connectivity index (χ0n) is 27.7. The van der Waals surface area contributed by atoms with Gasteiger partial charge in [0.25, 0.3) is 0 Å². The smallest absolute Gasteiger partial charge is 0.377 e. The van der Waals surface area contributed by atoms with Gasteiger partial charge in [-0.1, -0.05) is 26.2 Å². The van der Waals surface area contributed by atoms with Crippen LogP contribution >= 0.6 is 56.7 Å². The Kier molecular flexibility index (Phi) is 21.9. The molecule has 1 saturated heterocycles. The fourth-order valence-electron chi connectivity index (χ4n) is 3.65. The van der Waals surface area contributed by atoms with Crippen molar-refractivity contribution >= 4 is 84.5 Å². The van der Waals surface area contributed by atoms with Gasteiger partial charge in [-0.25, -0.2) is 8.91 Å². The van der Waals surface area contributed by atoms with E-state index in [0.717, 1.165) is 36.5 Å². The number of nitrogens with two attached hydrogens (primary N) is 3. The van der Waals surface area contributed by atoms with E-state index in [1.807, 2.05) is 0 Å². The average Bonchev–Trinajstić information content (AvgIpc) is 3.46. The molecule has 0 saturated carbocycles. The molecule has 2 amide bonds. The Hall–Kier alpha value is -3.23. The minimum absolute atomic E-state index is 0. The van der Waals surface area contributed by atoms with Crippen LogP contribution in [0.25, 0.3) is 10.4 Å². The summed E-state index contributed by atoms with van der Waals surface area (Å²) in [5, 5.41) is 0.394. The Labute approximate surface area is 328 Å². The van der Waals surface area contributed by atoms with Gasteiger partial charge >= 0.3 is 12.4 Å². The molecule has 0 radical (unpaired) electrons. The van der Waals surface area contributed by atoms with Crippen molar-refractivity contribution < 1.29 is 40.7 Å². The van der Waals surface area contributed by atoms with Gasteiger partial charge in [-0.3, -0.25) is 24.4 Å². The van der Waals surface area contributed by atoms with Crippen molar-refractivity contribution in [1.29, 1.82) is 0 Å². The molecule has 0 aliphatic carbocycles. The minimum atomic E-state index is -4.37. The lowest BCUT2D eigenvalue weighted by Gasteiger charge is -2.27. The molecule has 3 aromatic heterocycles. The quantitative estimate of drug-likeness (QED) is 0.0977. The lowest BCUT2D eigenvalue weighted by Crippen LogP contribution is -2.37. The number of hydrogen-bond acceptors (Lipinski definition) is 9. The van der Waals surface area contributed by atoms with Crippen LogP contribution < -0.4 is 17.2 Å². The van der Waals surface area contributed by atoms with Crippen LogP contribution in [0.5, 0.6) is 0 Å². The first-order valence-electron chi connectivity index (χ1n) is 14.1. The SMILES string of the molecule is Br.C.C.CC(=O)Cc1ccnc(C(C)(C)C(F)(F)F)c1.Cc1nc(N)sc1-c1ccnc(C(C)(C)C(F)(F)F)c1.NC(N)=S.O=C1CCC(=O)N1Br. The van der Waals surface area contributed by atoms with Crippen molar-refractivity contribution in [1.82, 2.24) is 18.9 Å². The number of aryl methyl sites for hydroxylation is 1. The number of halogens is 8. The third-order valence-electron chi connectivity index (χ3n) is 6.80. The predicted molar refractivity (Wildman–Crippen MR) is 206 cm³/mol. The molecule has 10 nitrogen and oxygen atoms in total. The van der Waals surface area contributed by atoms with E-state index in [-0.39, 0.29) is 72.4 Å². The molecule has 3 aromatic rings. The predicted octanol–water partition coefficient (Wildman–Crippen LogP) is 8.47. The van der Waals surface area contributed by atoms with Crippen LogP contribution in [-0.2, 0) is 31.6 Å². The molecular formula is C32H45Br2F6N7O3S2. The summed E-state index contributed by atoms with van der Waals surface area (Å²) >= 11 is 8.15. The number of thiocarbonyl (C=S) groups is 1. The second-order valence-electron chi connectivity index (χ2n) is 11.5. The number of anilines is 1. The number of thiazole rings is 1. The summed E-state index contributed by atoms with van der Waals surface area (Å²) in [6.07, 6.45) is -5.21. The highest BCUT2D eigenvalue weighted by Crippen LogP contribution is 2.41. The topological polar surface area (TPSA) is 171 Å². The molecule has 1 fully saturated rings. The molecule has 294 valence electrons. The van der Waals surface area contributed by atoms with Crippen molar-refractivity contribution in [3.05, 3.63) is 59.3 Å². The first kappa shape index (κ1) is 53.1. The van der Waals surface area contributed by atoms with Crippen LogP contribution in [0.3, 0.4) is 0 Å². The number of ketones is 1. The Morgan fingerprint density at radius 1 is 0.904 bits per heavy atom. The fourth-order valence-corrected chi connectivity index (χ4v) is 4.84. The second kappa shape index (κ2) is 21.5. The standard InChI is InChI=1S/C13H14F3N3S.C12H14F3NO.C4H4BrNO2.CH4N2S.2CH4.BrH/c1-7-10(20-11(17)19-7)8-4-5-18-9(6-8)12(2,3)13(14,15)16;1-8(17)6-9-4-5-16-10(7-9)11(2,3)12(13,14)15;5-6-3(7)1-2-4(6)8;2-1(3)4;;;/h4-6H,1-3H3,(H2,17,19);4-5,7H,6H2,1-3H3;1-2H2;(H4,2,3,4);2*1H4;1H. The highest BCUT2D eigenvalue weighted by atomic mass is 79.9. The average molecular weight is 914 g/mol. The van der Waals surface area contributed by atoms with Gasteiger partial charge in [-0.2, -0.15) is 26.3 Å². The van der Waals surface area contributed by atoms with Crippen molar-refractivity contribution in [2.24, 2.45) is 11.5 Å². The molecule has 4 rings (SSSR count). The maximum Gasteiger partial charge on any atom is 0.399 e. The second-order valence-corrected chi connectivity index (χ2v) is 13.8. The number of amides is 2. The van der Waals surface area contributed by atoms with Gasteiger partial charge in [0.2, 0.25) is 11.8 Å². The lowest BCUT2D eigenvalue weighted by atomic mass is 9.87. The van der Waals surface area contributed by atoms with Gasteiger partial charge in [-0.05, 0) is 89.2 Å². The summed E-state index contributed by atoms with van der Waals surface area (Å²) in [6, 6.07) is 6.01. The van der Waals surface area contributed by atoms with Gasteiger partial charge < -0.3 is 17.2 Å². The molecule has 1 aliphatic heterocycles. The normalized spacial score (nSPS) is 12.6. The molecule has 0 aromatic carbocycles. The highest BCUT2D eigenvalue weighted by molar-refractivity contribution is 9.08. The maximum absolute atomic E-state index is 13.1. The Morgan fingerprint density at radius 2 is 1.31 bits per heavy atom. The first-order valence-corrected chi connectivity index (χ1v) is 16.0. The molecule has 0 spiro atoms. The van der Waals surface area contributed by atoms with Gasteiger partial charge in [0.05, 0.1) is 38.1 Å². The number of Topliss-reactive ketones (excluding diaryl/α,β-unsaturated/α-hetero) is 1. The first-order chi connectivity index (χ1) is 22.2. The summed E-state index contributed by atoms with van der Waals surface area (Å²) < 4.78 is 78.6. The summed E-state index contributed by atoms with van der Waals surface area (Å²) in [4.78, 5) is 44.3. The van der Waals surface area contributed by atoms with Gasteiger partial charge in [-0.15, -0.1) is 17.0 Å². The van der Waals surface area contributed by atoms with Crippen molar-refractivity contribution in [3.63, 3.8) is 0 Å². The largest absolute Gasteiger partial charge is 0.399 e. The number of pyridine rings is 2. The summed E-state index contributed by atoms with van der Waals surface area (Å²) in [7, 11) is 0. The Morgan fingerprint density at radius 3 is 1.63 bits per heavy atom. The summed E-state index contributed by atoms with van der Waals surface area (Å²) in [6.45, 7) is 7.56. The van der Waals surface area contributed by atoms with Crippen molar-refractivity contribution in [3.8, 4) is 10.4 Å². The zero-order valence-corrected chi connectivity index (χ0v) is 32.6. The third kappa shape index (κ3) is 15.4. The third-order valence-corrected chi connectivity index (χ3v) is 8.63. The van der Waals surface area contributed by atoms with E-state index in [2.05, 4.69) is 54.8 Å². The number of nitrogens with zero attached hydrogens (tertiary/aromatic N) is 4. The van der Waals surface area contributed by atoms with Crippen molar-refractivity contribution in [2.45, 2.75) is 98.8 Å². The van der Waals surface area contributed by atoms with Crippen LogP contribution in [-0.4, -0.2) is 53.9 Å². The number of aromatic nitrogens is 3. The number of nitrogen functional groups attached to an aromatic ring is 1. The molecule has 52 heavy (non-hydrogen) atoms. The van der Waals surface area contributed by atoms with E-state index < -0.39 is 23.2 Å². The minimum Gasteiger partial charge on any atom is -0.377 e. The van der Waals surface area contributed by atoms with E-state index in [1.54, 1.807) is 19.1 Å². The molecular weight excluding hydrogens is 868 g/mol. The van der Waals surface area contributed by atoms with E-state index >= 15 is 0 Å². The molecule has 0 atom stereocenters. The number of rotatable bonds is 5. The van der Waals surface area contributed by atoms with E-state index in [0.29, 0.717) is 34.8 Å². The van der Waals surface area contributed by atoms with Crippen LogP contribution in [0.1, 0.15) is 85.0 Å². The fraction of sp³-hybridized carbons (Fsp3) is 0.469. The van der Waals surface area contributed by atoms with Crippen LogP contribution in [0, 0.1) is 6.92 Å². The van der Waals surface area contributed by atoms with Crippen LogP contribution in [0.15, 0.2) is 36.7 Å².